The minimum atomic E-state index is -3.44. The van der Waals surface area contributed by atoms with Crippen LogP contribution in [0.2, 0.25) is 5.02 Å². The number of ether oxygens (including phenoxy) is 1. The zero-order valence-corrected chi connectivity index (χ0v) is 16.1. The minimum absolute atomic E-state index is 0.449. The molecule has 0 bridgehead atoms. The summed E-state index contributed by atoms with van der Waals surface area (Å²) in [5, 5.41) is 1.89. The highest BCUT2D eigenvalue weighted by molar-refractivity contribution is 7.92. The third-order valence-corrected chi connectivity index (χ3v) is 6.14. The molecule has 138 valence electrons. The smallest absolute Gasteiger partial charge is 0.236 e. The van der Waals surface area contributed by atoms with Gasteiger partial charge in [-0.05, 0) is 35.9 Å². The number of hydrogen-bond donors (Lipinski definition) is 0. The molecule has 0 spiro atoms. The lowest BCUT2D eigenvalue weighted by Gasteiger charge is -2.34. The monoisotopic (exact) mass is 392 g/mol. The number of anilines is 1. The van der Waals surface area contributed by atoms with E-state index in [1.54, 1.807) is 37.5 Å². The van der Waals surface area contributed by atoms with Crippen molar-refractivity contribution in [1.29, 1.82) is 0 Å². The summed E-state index contributed by atoms with van der Waals surface area (Å²) in [4.78, 5) is 2.16. The van der Waals surface area contributed by atoms with Gasteiger partial charge in [-0.3, -0.25) is 0 Å². The van der Waals surface area contributed by atoms with Gasteiger partial charge < -0.3 is 9.64 Å². The van der Waals surface area contributed by atoms with Crippen LogP contribution in [-0.2, 0) is 10.0 Å². The van der Waals surface area contributed by atoms with E-state index >= 15 is 0 Å². The van der Waals surface area contributed by atoms with Crippen LogP contribution in [0.4, 0.5) is 5.69 Å². The lowest BCUT2D eigenvalue weighted by Crippen LogP contribution is -2.48. The average molecular weight is 393 g/mol. The van der Waals surface area contributed by atoms with E-state index in [1.807, 2.05) is 24.3 Å². The third-order valence-electron chi connectivity index (χ3n) is 4.32. The van der Waals surface area contributed by atoms with Crippen LogP contribution in [0.25, 0.3) is 6.08 Å². The largest absolute Gasteiger partial charge is 0.497 e. The number of hydrogen-bond acceptors (Lipinski definition) is 4. The van der Waals surface area contributed by atoms with Crippen LogP contribution < -0.4 is 9.64 Å². The number of rotatable bonds is 5. The number of methoxy groups -OCH3 is 1. The zero-order valence-electron chi connectivity index (χ0n) is 14.5. The molecule has 0 atom stereocenters. The van der Waals surface area contributed by atoms with E-state index < -0.39 is 10.0 Å². The number of benzene rings is 2. The third kappa shape index (κ3) is 4.58. The molecule has 1 aliphatic heterocycles. The molecule has 7 heteroatoms. The molecule has 1 fully saturated rings. The Morgan fingerprint density at radius 2 is 1.73 bits per heavy atom. The van der Waals surface area contributed by atoms with Crippen LogP contribution in [0.3, 0.4) is 0 Å². The quantitative estimate of drug-likeness (QED) is 0.781. The maximum atomic E-state index is 12.5. The highest BCUT2D eigenvalue weighted by Crippen LogP contribution is 2.23. The molecule has 1 heterocycles. The average Bonchev–Trinajstić information content (AvgIpc) is 2.68. The topological polar surface area (TPSA) is 49.9 Å². The fourth-order valence-corrected chi connectivity index (χ4v) is 4.13. The van der Waals surface area contributed by atoms with Gasteiger partial charge >= 0.3 is 0 Å². The van der Waals surface area contributed by atoms with Crippen molar-refractivity contribution < 1.29 is 13.2 Å². The van der Waals surface area contributed by atoms with Crippen molar-refractivity contribution in [2.45, 2.75) is 0 Å². The summed E-state index contributed by atoms with van der Waals surface area (Å²) in [6.45, 7) is 2.18. The van der Waals surface area contributed by atoms with Gasteiger partial charge in [-0.1, -0.05) is 29.8 Å². The second-order valence-corrected chi connectivity index (χ2v) is 8.24. The predicted molar refractivity (Wildman–Crippen MR) is 106 cm³/mol. The lowest BCUT2D eigenvalue weighted by molar-refractivity contribution is 0.389. The van der Waals surface area contributed by atoms with E-state index in [-0.39, 0.29) is 0 Å². The molecule has 2 aromatic carbocycles. The molecule has 2 aromatic rings. The Balaban J connectivity index is 1.63. The van der Waals surface area contributed by atoms with Crippen molar-refractivity contribution in [3.05, 3.63) is 64.5 Å². The number of halogens is 1. The molecule has 0 aromatic heterocycles. The van der Waals surface area contributed by atoms with Crippen LogP contribution >= 0.6 is 11.6 Å². The number of nitrogens with zero attached hydrogens (tertiary/aromatic N) is 2. The highest BCUT2D eigenvalue weighted by Gasteiger charge is 2.25. The van der Waals surface area contributed by atoms with Gasteiger partial charge in [-0.15, -0.1) is 0 Å². The van der Waals surface area contributed by atoms with Crippen LogP contribution in [0.1, 0.15) is 5.56 Å². The van der Waals surface area contributed by atoms with Gasteiger partial charge in [0.25, 0.3) is 0 Å². The molecule has 26 heavy (non-hydrogen) atoms. The van der Waals surface area contributed by atoms with Crippen molar-refractivity contribution in [3.8, 4) is 5.75 Å². The van der Waals surface area contributed by atoms with Gasteiger partial charge in [0.05, 0.1) is 7.11 Å². The van der Waals surface area contributed by atoms with Crippen LogP contribution in [0, 0.1) is 0 Å². The molecule has 3 rings (SSSR count). The SMILES string of the molecule is COc1cccc(N2CCN(S(=O)(=O)C=Cc3ccc(Cl)cc3)CC2)c1. The Bertz CT molecular complexity index is 874. The Morgan fingerprint density at radius 1 is 1.04 bits per heavy atom. The van der Waals surface area contributed by atoms with E-state index in [4.69, 9.17) is 16.3 Å². The first-order valence-corrected chi connectivity index (χ1v) is 10.2. The molecular formula is C19H21ClN2O3S. The van der Waals surface area contributed by atoms with Gasteiger partial charge in [-0.25, -0.2) is 8.42 Å². The van der Waals surface area contributed by atoms with Crippen molar-refractivity contribution in [2.24, 2.45) is 0 Å². The molecule has 0 saturated carbocycles. The van der Waals surface area contributed by atoms with E-state index in [0.717, 1.165) is 17.0 Å². The first-order valence-electron chi connectivity index (χ1n) is 8.31. The summed E-state index contributed by atoms with van der Waals surface area (Å²) >= 11 is 5.84. The van der Waals surface area contributed by atoms with Gasteiger partial charge in [-0.2, -0.15) is 4.31 Å². The molecule has 1 saturated heterocycles. The maximum absolute atomic E-state index is 12.5. The first kappa shape index (κ1) is 18.8. The van der Waals surface area contributed by atoms with Crippen molar-refractivity contribution in [1.82, 2.24) is 4.31 Å². The Kier molecular flexibility index (Phi) is 5.86. The minimum Gasteiger partial charge on any atom is -0.497 e. The van der Waals surface area contributed by atoms with E-state index in [0.29, 0.717) is 31.2 Å². The summed E-state index contributed by atoms with van der Waals surface area (Å²) < 4.78 is 31.9. The Labute approximate surface area is 159 Å². The summed E-state index contributed by atoms with van der Waals surface area (Å²) in [7, 11) is -1.81. The summed E-state index contributed by atoms with van der Waals surface area (Å²) in [5.74, 6) is 0.795. The summed E-state index contributed by atoms with van der Waals surface area (Å²) in [5.41, 5.74) is 1.84. The molecule has 0 N–H and O–H groups in total. The molecular weight excluding hydrogens is 372 g/mol. The highest BCUT2D eigenvalue weighted by atomic mass is 35.5. The van der Waals surface area contributed by atoms with Crippen LogP contribution in [0.15, 0.2) is 53.9 Å². The molecule has 0 radical (unpaired) electrons. The summed E-state index contributed by atoms with van der Waals surface area (Å²) in [6.07, 6.45) is 1.60. The van der Waals surface area contributed by atoms with Gasteiger partial charge in [0.15, 0.2) is 0 Å². The van der Waals surface area contributed by atoms with Crippen LogP contribution in [0.5, 0.6) is 5.75 Å². The summed E-state index contributed by atoms with van der Waals surface area (Å²) in [6, 6.07) is 14.8. The van der Waals surface area contributed by atoms with Gasteiger partial charge in [0.1, 0.15) is 5.75 Å². The van der Waals surface area contributed by atoms with Gasteiger partial charge in [0, 0.05) is 48.4 Å². The van der Waals surface area contributed by atoms with E-state index in [1.165, 1.54) is 9.71 Å². The molecule has 5 nitrogen and oxygen atoms in total. The molecule has 1 aliphatic rings. The van der Waals surface area contributed by atoms with E-state index in [2.05, 4.69) is 4.90 Å². The Morgan fingerprint density at radius 3 is 2.38 bits per heavy atom. The number of sulfonamides is 1. The fourth-order valence-electron chi connectivity index (χ4n) is 2.83. The Hall–Kier alpha value is -2.02. The molecule has 0 aliphatic carbocycles. The second kappa shape index (κ2) is 8.12. The van der Waals surface area contributed by atoms with Crippen molar-refractivity contribution in [3.63, 3.8) is 0 Å². The molecule has 0 amide bonds. The first-order chi connectivity index (χ1) is 12.5. The zero-order chi connectivity index (χ0) is 18.6. The van der Waals surface area contributed by atoms with E-state index in [9.17, 15) is 8.42 Å². The van der Waals surface area contributed by atoms with Crippen LogP contribution in [-0.4, -0.2) is 46.0 Å². The predicted octanol–water partition coefficient (Wildman–Crippen LogP) is 3.47. The van der Waals surface area contributed by atoms with Gasteiger partial charge in [0.2, 0.25) is 10.0 Å². The normalized spacial score (nSPS) is 16.2. The second-order valence-electron chi connectivity index (χ2n) is 5.99. The standard InChI is InChI=1S/C19H21ClN2O3S/c1-25-19-4-2-3-18(15-19)21-10-12-22(13-11-21)26(23,24)14-9-16-5-7-17(20)8-6-16/h2-9,14-15H,10-13H2,1H3. The number of piperazine rings is 1. The van der Waals surface area contributed by atoms with Crippen molar-refractivity contribution in [2.75, 3.05) is 38.2 Å². The van der Waals surface area contributed by atoms with Crippen molar-refractivity contribution >= 4 is 33.4 Å². The maximum Gasteiger partial charge on any atom is 0.236 e. The lowest BCUT2D eigenvalue weighted by atomic mass is 10.2. The molecule has 0 unspecified atom stereocenters. The fraction of sp³-hybridized carbons (Fsp3) is 0.263.